The van der Waals surface area contributed by atoms with Gasteiger partial charge >= 0.3 is 0 Å². The van der Waals surface area contributed by atoms with Crippen LogP contribution < -0.4 is 5.73 Å². The number of aromatic nitrogens is 1. The lowest BCUT2D eigenvalue weighted by Crippen LogP contribution is -2.25. The molecular formula is C18H30N2O2. The van der Waals surface area contributed by atoms with Gasteiger partial charge in [-0.3, -0.25) is 0 Å². The van der Waals surface area contributed by atoms with E-state index in [0.29, 0.717) is 6.42 Å². The summed E-state index contributed by atoms with van der Waals surface area (Å²) in [7, 11) is 1.94. The van der Waals surface area contributed by atoms with Gasteiger partial charge in [0, 0.05) is 18.1 Å². The Morgan fingerprint density at radius 3 is 2.32 bits per heavy atom. The largest absolute Gasteiger partial charge is 0.511 e. The molecule has 4 N–H and O–H groups in total. The molecule has 0 aliphatic carbocycles. The lowest BCUT2D eigenvalue weighted by Gasteiger charge is -2.10. The summed E-state index contributed by atoms with van der Waals surface area (Å²) < 4.78 is 2.01. The van der Waals surface area contributed by atoms with E-state index in [9.17, 15) is 10.2 Å². The predicted molar refractivity (Wildman–Crippen MR) is 95.5 cm³/mol. The van der Waals surface area contributed by atoms with E-state index >= 15 is 0 Å². The number of aliphatic hydroxyl groups is 1. The molecule has 0 spiro atoms. The highest BCUT2D eigenvalue weighted by atomic mass is 16.3. The fourth-order valence-corrected chi connectivity index (χ4v) is 2.27. The molecule has 0 bridgehead atoms. The van der Waals surface area contributed by atoms with E-state index in [1.807, 2.05) is 58.4 Å². The second kappa shape index (κ2) is 9.15. The van der Waals surface area contributed by atoms with Gasteiger partial charge in [0.2, 0.25) is 0 Å². The van der Waals surface area contributed by atoms with Gasteiger partial charge in [0.15, 0.2) is 0 Å². The van der Waals surface area contributed by atoms with Gasteiger partial charge in [-0.1, -0.05) is 40.3 Å². The van der Waals surface area contributed by atoms with Crippen LogP contribution in [0.5, 0.6) is 5.75 Å². The lowest BCUT2D eigenvalue weighted by atomic mass is 10.0. The van der Waals surface area contributed by atoms with Crippen molar-refractivity contribution < 1.29 is 10.2 Å². The number of aromatic hydroxyl groups is 1. The molecule has 1 aromatic heterocycles. The van der Waals surface area contributed by atoms with Crippen molar-refractivity contribution in [3.05, 3.63) is 41.8 Å². The van der Waals surface area contributed by atoms with Gasteiger partial charge in [0.05, 0.1) is 11.6 Å². The van der Waals surface area contributed by atoms with Crippen molar-refractivity contribution in [2.24, 2.45) is 12.8 Å². The molecule has 4 nitrogen and oxygen atoms in total. The zero-order chi connectivity index (χ0) is 17.4. The Labute approximate surface area is 133 Å². The van der Waals surface area contributed by atoms with Crippen LogP contribution in [0.1, 0.15) is 39.0 Å². The topological polar surface area (TPSA) is 71.4 Å². The Morgan fingerprint density at radius 2 is 1.82 bits per heavy atom. The minimum atomic E-state index is -0.520. The molecule has 0 radical (unpaired) electrons. The van der Waals surface area contributed by atoms with Gasteiger partial charge in [-0.2, -0.15) is 0 Å². The molecule has 4 heteroatoms. The first-order valence-corrected chi connectivity index (χ1v) is 7.82. The molecule has 0 fully saturated rings. The van der Waals surface area contributed by atoms with Gasteiger partial charge in [0.1, 0.15) is 11.5 Å². The van der Waals surface area contributed by atoms with Crippen LogP contribution in [0.25, 0.3) is 10.9 Å². The number of nitrogens with zero attached hydrogens (tertiary/aromatic N) is 1. The van der Waals surface area contributed by atoms with Crippen molar-refractivity contribution in [1.82, 2.24) is 4.57 Å². The first kappa shape index (κ1) is 20.1. The molecule has 2 rings (SSSR count). The first-order chi connectivity index (χ1) is 10.4. The highest BCUT2D eigenvalue weighted by molar-refractivity contribution is 5.91. The highest BCUT2D eigenvalue weighted by Gasteiger charge is 2.18. The lowest BCUT2D eigenvalue weighted by molar-refractivity contribution is 0.368. The van der Waals surface area contributed by atoms with Crippen LogP contribution in [0.2, 0.25) is 0 Å². The van der Waals surface area contributed by atoms with Gasteiger partial charge in [-0.05, 0) is 31.0 Å². The molecule has 0 amide bonds. The third-order valence-electron chi connectivity index (χ3n) is 3.48. The van der Waals surface area contributed by atoms with Gasteiger partial charge in [0.25, 0.3) is 0 Å². The summed E-state index contributed by atoms with van der Waals surface area (Å²) in [6.45, 7) is 13.4. The normalized spacial score (nSPS) is 11.0. The number of rotatable bonds is 3. The summed E-state index contributed by atoms with van der Waals surface area (Å²) in [5.74, 6) is 0.198. The fraction of sp³-hybridized carbons (Fsp3) is 0.444. The van der Waals surface area contributed by atoms with Crippen LogP contribution in [0, 0.1) is 6.92 Å². The summed E-state index contributed by atoms with van der Waals surface area (Å²) in [5.41, 5.74) is 8.77. The molecule has 22 heavy (non-hydrogen) atoms. The Kier molecular flexibility index (Phi) is 8.35. The van der Waals surface area contributed by atoms with E-state index in [4.69, 9.17) is 5.73 Å². The van der Waals surface area contributed by atoms with Crippen LogP contribution >= 0.6 is 0 Å². The molecule has 124 valence electrons. The summed E-state index contributed by atoms with van der Waals surface area (Å²) in [6, 6.07) is 4.90. The average Bonchev–Trinajstić information content (AvgIpc) is 2.77. The van der Waals surface area contributed by atoms with E-state index < -0.39 is 6.04 Å². The van der Waals surface area contributed by atoms with Crippen LogP contribution in [-0.4, -0.2) is 20.8 Å². The van der Waals surface area contributed by atoms with Gasteiger partial charge < -0.3 is 20.5 Å². The Bertz CT molecular complexity index is 615. The quantitative estimate of drug-likeness (QED) is 0.745. The Morgan fingerprint density at radius 1 is 1.27 bits per heavy atom. The SMILES string of the molecule is C=C(O)C(N)Cc1c(C)n(C)c2cccc(O)c12.CC.CC. The minimum Gasteiger partial charge on any atom is -0.511 e. The van der Waals surface area contributed by atoms with Crippen molar-refractivity contribution in [2.45, 2.75) is 47.1 Å². The zero-order valence-corrected chi connectivity index (χ0v) is 14.6. The number of nitrogens with two attached hydrogens (primary N) is 1. The van der Waals surface area contributed by atoms with E-state index in [2.05, 4.69) is 6.58 Å². The molecule has 0 saturated heterocycles. The predicted octanol–water partition coefficient (Wildman–Crippen LogP) is 4.19. The zero-order valence-electron chi connectivity index (χ0n) is 14.6. The molecule has 1 aromatic carbocycles. The monoisotopic (exact) mass is 306 g/mol. The van der Waals surface area contributed by atoms with Crippen molar-refractivity contribution in [3.63, 3.8) is 0 Å². The van der Waals surface area contributed by atoms with Crippen LogP contribution in [0.3, 0.4) is 0 Å². The second-order valence-corrected chi connectivity index (χ2v) is 4.60. The highest BCUT2D eigenvalue weighted by Crippen LogP contribution is 2.32. The molecule has 0 saturated carbocycles. The van der Waals surface area contributed by atoms with Crippen molar-refractivity contribution >= 4 is 10.9 Å². The molecule has 0 aliphatic rings. The van der Waals surface area contributed by atoms with Gasteiger partial charge in [-0.25, -0.2) is 0 Å². The second-order valence-electron chi connectivity index (χ2n) is 4.60. The van der Waals surface area contributed by atoms with Gasteiger partial charge in [-0.15, -0.1) is 0 Å². The molecule has 1 heterocycles. The molecule has 0 aliphatic heterocycles. The number of aliphatic hydroxyl groups excluding tert-OH is 1. The summed E-state index contributed by atoms with van der Waals surface area (Å²) in [5, 5.41) is 20.1. The first-order valence-electron chi connectivity index (χ1n) is 7.82. The molecular weight excluding hydrogens is 276 g/mol. The Hall–Kier alpha value is -1.94. The number of hydrogen-bond donors (Lipinski definition) is 3. The fourth-order valence-electron chi connectivity index (χ4n) is 2.27. The summed E-state index contributed by atoms with van der Waals surface area (Å²) >= 11 is 0. The van der Waals surface area contributed by atoms with Crippen LogP contribution in [0.15, 0.2) is 30.5 Å². The maximum absolute atomic E-state index is 10.0. The third-order valence-corrected chi connectivity index (χ3v) is 3.48. The number of phenols is 1. The summed E-state index contributed by atoms with van der Waals surface area (Å²) in [6.07, 6.45) is 0.454. The number of benzene rings is 1. The molecule has 1 unspecified atom stereocenters. The number of hydrogen-bond acceptors (Lipinski definition) is 3. The van der Waals surface area contributed by atoms with Crippen LogP contribution in [0.4, 0.5) is 0 Å². The van der Waals surface area contributed by atoms with E-state index in [1.54, 1.807) is 6.07 Å². The average molecular weight is 306 g/mol. The summed E-state index contributed by atoms with van der Waals surface area (Å²) in [4.78, 5) is 0. The van der Waals surface area contributed by atoms with Crippen molar-refractivity contribution in [1.29, 1.82) is 0 Å². The smallest absolute Gasteiger partial charge is 0.125 e. The third kappa shape index (κ3) is 4.04. The van der Waals surface area contributed by atoms with E-state index in [-0.39, 0.29) is 11.5 Å². The van der Waals surface area contributed by atoms with Crippen molar-refractivity contribution in [3.8, 4) is 5.75 Å². The molecule has 1 atom stereocenters. The minimum absolute atomic E-state index is 0.0400. The van der Waals surface area contributed by atoms with Crippen LogP contribution in [-0.2, 0) is 13.5 Å². The maximum Gasteiger partial charge on any atom is 0.125 e. The number of phenolic OH excluding ortho intramolecular Hbond substituents is 1. The van der Waals surface area contributed by atoms with E-state index in [1.165, 1.54) is 0 Å². The molecule has 2 aromatic rings. The number of aryl methyl sites for hydroxylation is 1. The Balaban J connectivity index is 0.00000102. The van der Waals surface area contributed by atoms with E-state index in [0.717, 1.165) is 22.2 Å². The van der Waals surface area contributed by atoms with Crippen molar-refractivity contribution in [2.75, 3.05) is 0 Å². The maximum atomic E-state index is 10.0. The standard InChI is InChI=1S/C14H18N2O2.2C2H6/c1-8-10(7-11(15)9(2)17)14-12(16(8)3)5-4-6-13(14)18;2*1-2/h4-6,11,17-18H,2,7,15H2,1,3H3;2*1-2H3. The number of fused-ring (bicyclic) bond motifs is 1.